The zero-order chi connectivity index (χ0) is 15.1. The predicted molar refractivity (Wildman–Crippen MR) is 79.7 cm³/mol. The van der Waals surface area contributed by atoms with Gasteiger partial charge in [0.2, 0.25) is 0 Å². The van der Waals surface area contributed by atoms with Crippen LogP contribution in [0.2, 0.25) is 0 Å². The second-order valence-electron chi connectivity index (χ2n) is 4.99. The average Bonchev–Trinajstić information content (AvgIpc) is 2.52. The summed E-state index contributed by atoms with van der Waals surface area (Å²) in [6, 6.07) is 10.9. The first-order valence-corrected chi connectivity index (χ1v) is 6.91. The molecule has 21 heavy (non-hydrogen) atoms. The standard InChI is InChI=1S/C17H19NO3/c1-13(2)20-11-14-5-7-16(8-6-14)17(19)21-12-15-4-3-9-18-10-15/h3-10,13H,11-12H2,1-2H3. The van der Waals surface area contributed by atoms with Gasteiger partial charge in [0.1, 0.15) is 6.61 Å². The van der Waals surface area contributed by atoms with Crippen LogP contribution in [0.3, 0.4) is 0 Å². The Balaban J connectivity index is 1.88. The number of hydrogen-bond acceptors (Lipinski definition) is 4. The maximum Gasteiger partial charge on any atom is 0.338 e. The zero-order valence-corrected chi connectivity index (χ0v) is 12.3. The van der Waals surface area contributed by atoms with Gasteiger partial charge in [-0.25, -0.2) is 4.79 Å². The number of ether oxygens (including phenoxy) is 2. The smallest absolute Gasteiger partial charge is 0.338 e. The van der Waals surface area contributed by atoms with Gasteiger partial charge in [-0.2, -0.15) is 0 Å². The van der Waals surface area contributed by atoms with Crippen molar-refractivity contribution < 1.29 is 14.3 Å². The summed E-state index contributed by atoms with van der Waals surface area (Å²) < 4.78 is 10.8. The number of esters is 1. The van der Waals surface area contributed by atoms with Gasteiger partial charge >= 0.3 is 5.97 Å². The van der Waals surface area contributed by atoms with E-state index in [0.717, 1.165) is 11.1 Å². The van der Waals surface area contributed by atoms with Crippen LogP contribution in [-0.4, -0.2) is 17.1 Å². The van der Waals surface area contributed by atoms with Crippen molar-refractivity contribution in [1.29, 1.82) is 0 Å². The summed E-state index contributed by atoms with van der Waals surface area (Å²) in [5, 5.41) is 0. The topological polar surface area (TPSA) is 48.4 Å². The summed E-state index contributed by atoms with van der Waals surface area (Å²) in [5.74, 6) is -0.338. The molecule has 0 radical (unpaired) electrons. The summed E-state index contributed by atoms with van der Waals surface area (Å²) in [6.45, 7) is 4.75. The van der Waals surface area contributed by atoms with Crippen molar-refractivity contribution in [2.45, 2.75) is 33.2 Å². The van der Waals surface area contributed by atoms with Gasteiger partial charge < -0.3 is 9.47 Å². The second kappa shape index (κ2) is 7.55. The van der Waals surface area contributed by atoms with E-state index in [1.165, 1.54) is 0 Å². The van der Waals surface area contributed by atoms with Crippen LogP contribution in [0.5, 0.6) is 0 Å². The van der Waals surface area contributed by atoms with E-state index in [1.807, 2.05) is 38.1 Å². The van der Waals surface area contributed by atoms with Gasteiger partial charge in [0, 0.05) is 18.0 Å². The number of pyridine rings is 1. The molecule has 0 fully saturated rings. The Kier molecular flexibility index (Phi) is 5.46. The first kappa shape index (κ1) is 15.2. The van der Waals surface area contributed by atoms with Crippen LogP contribution in [0.4, 0.5) is 0 Å². The highest BCUT2D eigenvalue weighted by molar-refractivity contribution is 5.89. The molecule has 4 nitrogen and oxygen atoms in total. The SMILES string of the molecule is CC(C)OCc1ccc(C(=O)OCc2cccnc2)cc1. The van der Waals surface area contributed by atoms with Crippen molar-refractivity contribution >= 4 is 5.97 Å². The molecule has 0 unspecified atom stereocenters. The Morgan fingerprint density at radius 1 is 1.10 bits per heavy atom. The van der Waals surface area contributed by atoms with Crippen LogP contribution in [0.15, 0.2) is 48.8 Å². The highest BCUT2D eigenvalue weighted by Gasteiger charge is 2.07. The zero-order valence-electron chi connectivity index (χ0n) is 12.3. The van der Waals surface area contributed by atoms with Gasteiger partial charge in [-0.15, -0.1) is 0 Å². The van der Waals surface area contributed by atoms with Crippen LogP contribution in [0, 0.1) is 0 Å². The number of aromatic nitrogens is 1. The number of benzene rings is 1. The minimum Gasteiger partial charge on any atom is -0.457 e. The fourth-order valence-electron chi connectivity index (χ4n) is 1.72. The summed E-state index contributed by atoms with van der Waals surface area (Å²) in [7, 11) is 0. The van der Waals surface area contributed by atoms with E-state index in [9.17, 15) is 4.79 Å². The molecule has 0 aliphatic rings. The second-order valence-corrected chi connectivity index (χ2v) is 4.99. The van der Waals surface area contributed by atoms with E-state index in [-0.39, 0.29) is 18.7 Å². The van der Waals surface area contributed by atoms with E-state index in [1.54, 1.807) is 24.5 Å². The Bertz CT molecular complexity index is 564. The minimum atomic E-state index is -0.338. The summed E-state index contributed by atoms with van der Waals surface area (Å²) >= 11 is 0. The van der Waals surface area contributed by atoms with Gasteiger partial charge in [-0.3, -0.25) is 4.98 Å². The first-order chi connectivity index (χ1) is 10.1. The fraction of sp³-hybridized carbons (Fsp3) is 0.294. The number of carbonyl (C=O) groups is 1. The molecule has 0 aliphatic heterocycles. The van der Waals surface area contributed by atoms with Gasteiger partial charge in [0.05, 0.1) is 18.3 Å². The lowest BCUT2D eigenvalue weighted by molar-refractivity contribution is 0.0471. The number of nitrogens with zero attached hydrogens (tertiary/aromatic N) is 1. The quantitative estimate of drug-likeness (QED) is 0.764. The minimum absolute atomic E-state index is 0.189. The van der Waals surface area contributed by atoms with E-state index in [4.69, 9.17) is 9.47 Å². The van der Waals surface area contributed by atoms with Crippen molar-refractivity contribution in [1.82, 2.24) is 4.98 Å². The summed E-state index contributed by atoms with van der Waals surface area (Å²) in [4.78, 5) is 15.9. The Labute approximate surface area is 124 Å². The summed E-state index contributed by atoms with van der Waals surface area (Å²) in [6.07, 6.45) is 3.55. The van der Waals surface area contributed by atoms with Crippen LogP contribution >= 0.6 is 0 Å². The van der Waals surface area contributed by atoms with Gasteiger partial charge in [0.15, 0.2) is 0 Å². The van der Waals surface area contributed by atoms with Crippen LogP contribution < -0.4 is 0 Å². The molecule has 0 spiro atoms. The molecular weight excluding hydrogens is 266 g/mol. The van der Waals surface area contributed by atoms with Gasteiger partial charge in [-0.05, 0) is 37.6 Å². The number of hydrogen-bond donors (Lipinski definition) is 0. The van der Waals surface area contributed by atoms with Crippen LogP contribution in [0.25, 0.3) is 0 Å². The van der Waals surface area contributed by atoms with Crippen molar-refractivity contribution in [2.75, 3.05) is 0 Å². The fourth-order valence-corrected chi connectivity index (χ4v) is 1.72. The van der Waals surface area contributed by atoms with E-state index in [0.29, 0.717) is 12.2 Å². The van der Waals surface area contributed by atoms with Crippen molar-refractivity contribution in [2.24, 2.45) is 0 Å². The molecule has 1 aromatic heterocycles. The van der Waals surface area contributed by atoms with Gasteiger partial charge in [0.25, 0.3) is 0 Å². The largest absolute Gasteiger partial charge is 0.457 e. The molecule has 0 aliphatic carbocycles. The Morgan fingerprint density at radius 3 is 2.48 bits per heavy atom. The maximum atomic E-state index is 11.9. The third-order valence-electron chi connectivity index (χ3n) is 2.87. The highest BCUT2D eigenvalue weighted by Crippen LogP contribution is 2.09. The van der Waals surface area contributed by atoms with Crippen molar-refractivity contribution in [3.63, 3.8) is 0 Å². The molecule has 0 saturated heterocycles. The third-order valence-corrected chi connectivity index (χ3v) is 2.87. The predicted octanol–water partition coefficient (Wildman–Crippen LogP) is 3.36. The molecule has 0 N–H and O–H groups in total. The molecule has 2 aromatic rings. The van der Waals surface area contributed by atoms with Crippen LogP contribution in [0.1, 0.15) is 35.3 Å². The molecule has 0 atom stereocenters. The molecule has 0 saturated carbocycles. The molecule has 0 bridgehead atoms. The molecular formula is C17H19NO3. The van der Waals surface area contributed by atoms with Crippen LogP contribution in [-0.2, 0) is 22.7 Å². The highest BCUT2D eigenvalue weighted by atomic mass is 16.5. The Hall–Kier alpha value is -2.20. The Morgan fingerprint density at radius 2 is 1.86 bits per heavy atom. The van der Waals surface area contributed by atoms with E-state index < -0.39 is 0 Å². The van der Waals surface area contributed by atoms with E-state index >= 15 is 0 Å². The van der Waals surface area contributed by atoms with Gasteiger partial charge in [-0.1, -0.05) is 18.2 Å². The molecule has 0 amide bonds. The normalized spacial score (nSPS) is 10.6. The molecule has 1 heterocycles. The molecule has 1 aromatic carbocycles. The number of rotatable bonds is 6. The lowest BCUT2D eigenvalue weighted by Gasteiger charge is -2.08. The molecule has 110 valence electrons. The first-order valence-electron chi connectivity index (χ1n) is 6.91. The van der Waals surface area contributed by atoms with E-state index in [2.05, 4.69) is 4.98 Å². The maximum absolute atomic E-state index is 11.9. The molecule has 2 rings (SSSR count). The number of carbonyl (C=O) groups excluding carboxylic acids is 1. The monoisotopic (exact) mass is 285 g/mol. The molecule has 4 heteroatoms. The average molecular weight is 285 g/mol. The summed E-state index contributed by atoms with van der Waals surface area (Å²) in [5.41, 5.74) is 2.44. The third kappa shape index (κ3) is 5.00. The van der Waals surface area contributed by atoms with Crippen molar-refractivity contribution in [3.05, 3.63) is 65.5 Å². The lowest BCUT2D eigenvalue weighted by Crippen LogP contribution is -2.06. The lowest BCUT2D eigenvalue weighted by atomic mass is 10.1. The van der Waals surface area contributed by atoms with Crippen molar-refractivity contribution in [3.8, 4) is 0 Å².